The molecule has 0 spiro atoms. The third-order valence-electron chi connectivity index (χ3n) is 4.78. The average molecular weight is 520 g/mol. The van der Waals surface area contributed by atoms with Gasteiger partial charge in [0.2, 0.25) is 0 Å². The Labute approximate surface area is 195 Å². The predicted molar refractivity (Wildman–Crippen MR) is 130 cm³/mol. The fraction of sp³-hybridized carbons (Fsp3) is 0.318. The van der Waals surface area contributed by atoms with Crippen molar-refractivity contribution in [3.8, 4) is 5.75 Å². The second-order valence-electron chi connectivity index (χ2n) is 6.91. The molecule has 8 heteroatoms. The molecular formula is C22H29IN6O. The zero-order valence-corrected chi connectivity index (χ0v) is 20.2. The topological polar surface area (TPSA) is 67.6 Å². The Kier molecular flexibility index (Phi) is 9.10. The summed E-state index contributed by atoms with van der Waals surface area (Å²) in [5.74, 6) is 3.41. The van der Waals surface area contributed by atoms with Gasteiger partial charge in [0.25, 0.3) is 0 Å². The van der Waals surface area contributed by atoms with Crippen LogP contribution in [0.2, 0.25) is 0 Å². The van der Waals surface area contributed by atoms with E-state index in [0.29, 0.717) is 13.1 Å². The highest BCUT2D eigenvalue weighted by atomic mass is 127. The molecule has 0 fully saturated rings. The highest BCUT2D eigenvalue weighted by Crippen LogP contribution is 2.12. The molecular weight excluding hydrogens is 491 g/mol. The van der Waals surface area contributed by atoms with E-state index in [2.05, 4.69) is 32.5 Å². The zero-order chi connectivity index (χ0) is 20.6. The lowest BCUT2D eigenvalue weighted by atomic mass is 10.2. The molecule has 1 aromatic heterocycles. The first-order chi connectivity index (χ1) is 14.1. The minimum atomic E-state index is 0. The van der Waals surface area contributed by atoms with Crippen LogP contribution in [-0.4, -0.2) is 39.8 Å². The molecule has 0 saturated heterocycles. The molecule has 1 heterocycles. The molecule has 3 aromatic rings. The second kappa shape index (κ2) is 11.5. The van der Waals surface area contributed by atoms with Crippen molar-refractivity contribution in [1.29, 1.82) is 0 Å². The van der Waals surface area contributed by atoms with Crippen molar-refractivity contribution in [2.45, 2.75) is 26.6 Å². The Bertz CT molecular complexity index is 940. The van der Waals surface area contributed by atoms with Crippen LogP contribution in [0.1, 0.15) is 22.8 Å². The molecule has 0 aliphatic rings. The summed E-state index contributed by atoms with van der Waals surface area (Å²) in [6.45, 7) is 3.82. The Balaban J connectivity index is 0.00000320. The van der Waals surface area contributed by atoms with Gasteiger partial charge in [-0.25, -0.2) is 4.99 Å². The number of aryl methyl sites for hydroxylation is 1. The molecule has 0 aliphatic heterocycles. The van der Waals surface area contributed by atoms with Gasteiger partial charge in [-0.3, -0.25) is 0 Å². The predicted octanol–water partition coefficient (Wildman–Crippen LogP) is 3.53. The Morgan fingerprint density at radius 1 is 1.07 bits per heavy atom. The Morgan fingerprint density at radius 2 is 1.77 bits per heavy atom. The summed E-state index contributed by atoms with van der Waals surface area (Å²) in [7, 11) is 5.67. The van der Waals surface area contributed by atoms with E-state index in [1.807, 2.05) is 68.1 Å². The van der Waals surface area contributed by atoms with Crippen LogP contribution in [0.5, 0.6) is 5.75 Å². The number of nitrogens with one attached hydrogen (secondary N) is 1. The number of aliphatic imine (C=N–C) groups is 1. The number of aromatic nitrogens is 3. The van der Waals surface area contributed by atoms with Gasteiger partial charge in [0.05, 0.1) is 20.2 Å². The first-order valence-electron chi connectivity index (χ1n) is 9.58. The lowest BCUT2D eigenvalue weighted by Crippen LogP contribution is -2.38. The van der Waals surface area contributed by atoms with Gasteiger partial charge in [-0.2, -0.15) is 0 Å². The van der Waals surface area contributed by atoms with Gasteiger partial charge in [0.1, 0.15) is 11.6 Å². The molecule has 160 valence electrons. The lowest BCUT2D eigenvalue weighted by Gasteiger charge is -2.22. The minimum absolute atomic E-state index is 0. The van der Waals surface area contributed by atoms with Crippen molar-refractivity contribution < 1.29 is 4.74 Å². The van der Waals surface area contributed by atoms with Gasteiger partial charge in [-0.1, -0.05) is 42.5 Å². The molecule has 1 N–H and O–H groups in total. The van der Waals surface area contributed by atoms with Gasteiger partial charge in [-0.05, 0) is 30.2 Å². The third-order valence-corrected chi connectivity index (χ3v) is 4.78. The van der Waals surface area contributed by atoms with Gasteiger partial charge in [0.15, 0.2) is 11.8 Å². The second-order valence-corrected chi connectivity index (χ2v) is 6.91. The van der Waals surface area contributed by atoms with Gasteiger partial charge >= 0.3 is 0 Å². The number of nitrogens with zero attached hydrogens (tertiary/aromatic N) is 5. The van der Waals surface area contributed by atoms with Crippen LogP contribution in [0.15, 0.2) is 59.6 Å². The van der Waals surface area contributed by atoms with Crippen LogP contribution in [0.3, 0.4) is 0 Å². The van der Waals surface area contributed by atoms with E-state index in [-0.39, 0.29) is 24.0 Å². The largest absolute Gasteiger partial charge is 0.497 e. The molecule has 7 nitrogen and oxygen atoms in total. The lowest BCUT2D eigenvalue weighted by molar-refractivity contribution is 0.414. The molecule has 0 radical (unpaired) electrons. The number of hydrogen-bond acceptors (Lipinski definition) is 4. The van der Waals surface area contributed by atoms with Gasteiger partial charge in [0, 0.05) is 20.6 Å². The van der Waals surface area contributed by atoms with E-state index in [1.54, 1.807) is 7.11 Å². The smallest absolute Gasteiger partial charge is 0.194 e. The van der Waals surface area contributed by atoms with E-state index < -0.39 is 0 Å². The Hall–Kier alpha value is -2.62. The maximum Gasteiger partial charge on any atom is 0.194 e. The number of halogens is 1. The number of rotatable bonds is 7. The molecule has 30 heavy (non-hydrogen) atoms. The normalized spacial score (nSPS) is 11.0. The molecule has 0 aliphatic carbocycles. The minimum Gasteiger partial charge on any atom is -0.497 e. The van der Waals surface area contributed by atoms with Crippen molar-refractivity contribution >= 4 is 29.9 Å². The summed E-state index contributed by atoms with van der Waals surface area (Å²) in [5.41, 5.74) is 2.34. The van der Waals surface area contributed by atoms with Crippen molar-refractivity contribution in [1.82, 2.24) is 25.0 Å². The molecule has 0 bridgehead atoms. The van der Waals surface area contributed by atoms with Gasteiger partial charge < -0.3 is 19.5 Å². The SMILES string of the molecule is COc1ccc(CN=C(NCc2nnc(C)n2C)N(C)Cc2ccccc2)cc1.I. The number of methoxy groups -OCH3 is 1. The molecule has 0 unspecified atom stereocenters. The van der Waals surface area contributed by atoms with Crippen molar-refractivity contribution in [3.05, 3.63) is 77.4 Å². The summed E-state index contributed by atoms with van der Waals surface area (Å²) < 4.78 is 7.21. The fourth-order valence-electron chi connectivity index (χ4n) is 2.90. The van der Waals surface area contributed by atoms with Crippen LogP contribution in [0.25, 0.3) is 0 Å². The van der Waals surface area contributed by atoms with E-state index in [0.717, 1.165) is 35.5 Å². The Morgan fingerprint density at radius 3 is 2.37 bits per heavy atom. The summed E-state index contributed by atoms with van der Waals surface area (Å²) >= 11 is 0. The van der Waals surface area contributed by atoms with E-state index >= 15 is 0 Å². The highest BCUT2D eigenvalue weighted by Gasteiger charge is 2.10. The molecule has 0 amide bonds. The monoisotopic (exact) mass is 520 g/mol. The first kappa shape index (κ1) is 23.7. The number of ether oxygens (including phenoxy) is 1. The highest BCUT2D eigenvalue weighted by molar-refractivity contribution is 14.0. The first-order valence-corrected chi connectivity index (χ1v) is 9.58. The van der Waals surface area contributed by atoms with Gasteiger partial charge in [-0.15, -0.1) is 34.2 Å². The summed E-state index contributed by atoms with van der Waals surface area (Å²) in [5, 5.41) is 11.8. The standard InChI is InChI=1S/C22H28N6O.HI/c1-17-25-26-21(28(17)3)15-24-22(27(2)16-19-8-6-5-7-9-19)23-14-18-10-12-20(29-4)13-11-18;/h5-13H,14-16H2,1-4H3,(H,23,24);1H. The fourth-order valence-corrected chi connectivity index (χ4v) is 2.90. The zero-order valence-electron chi connectivity index (χ0n) is 17.9. The molecule has 2 aromatic carbocycles. The van der Waals surface area contributed by atoms with Crippen LogP contribution in [0.4, 0.5) is 0 Å². The van der Waals surface area contributed by atoms with E-state index in [4.69, 9.17) is 9.73 Å². The van der Waals surface area contributed by atoms with E-state index in [1.165, 1.54) is 5.56 Å². The molecule has 3 rings (SSSR count). The van der Waals surface area contributed by atoms with Crippen LogP contribution in [0, 0.1) is 6.92 Å². The van der Waals surface area contributed by atoms with Crippen molar-refractivity contribution in [2.75, 3.05) is 14.2 Å². The molecule has 0 atom stereocenters. The maximum absolute atomic E-state index is 5.23. The van der Waals surface area contributed by atoms with Crippen LogP contribution >= 0.6 is 24.0 Å². The number of hydrogen-bond donors (Lipinski definition) is 1. The quantitative estimate of drug-likeness (QED) is 0.294. The van der Waals surface area contributed by atoms with Crippen molar-refractivity contribution in [3.63, 3.8) is 0 Å². The molecule has 0 saturated carbocycles. The average Bonchev–Trinajstić information content (AvgIpc) is 3.07. The summed E-state index contributed by atoms with van der Waals surface area (Å²) in [6.07, 6.45) is 0. The summed E-state index contributed by atoms with van der Waals surface area (Å²) in [4.78, 5) is 6.94. The van der Waals surface area contributed by atoms with Crippen molar-refractivity contribution in [2.24, 2.45) is 12.0 Å². The third kappa shape index (κ3) is 6.45. The van der Waals surface area contributed by atoms with E-state index in [9.17, 15) is 0 Å². The van der Waals surface area contributed by atoms with Crippen LogP contribution < -0.4 is 10.1 Å². The maximum atomic E-state index is 5.23. The van der Waals surface area contributed by atoms with Crippen LogP contribution in [-0.2, 0) is 26.7 Å². The summed E-state index contributed by atoms with van der Waals surface area (Å²) in [6, 6.07) is 18.3. The number of guanidine groups is 1. The number of benzene rings is 2.